The maximum absolute atomic E-state index is 14.9. The van der Waals surface area contributed by atoms with Crippen LogP contribution in [0.15, 0.2) is 18.2 Å². The number of carbonyl (C=O) groups is 2. The van der Waals surface area contributed by atoms with E-state index in [0.29, 0.717) is 17.9 Å². The van der Waals surface area contributed by atoms with Crippen molar-refractivity contribution in [1.82, 2.24) is 14.9 Å². The number of imidazole rings is 1. The van der Waals surface area contributed by atoms with E-state index in [9.17, 15) is 19.1 Å². The van der Waals surface area contributed by atoms with Crippen LogP contribution in [0.3, 0.4) is 0 Å². The highest BCUT2D eigenvalue weighted by Gasteiger charge is 2.41. The Morgan fingerprint density at radius 3 is 2.77 bits per heavy atom. The number of nitrogens with two attached hydrogens (primary N) is 1. The number of nitrogens with zero attached hydrogens (tertiary/aromatic N) is 2. The van der Waals surface area contributed by atoms with Gasteiger partial charge in [0.1, 0.15) is 17.3 Å². The number of allylic oxidation sites excluding steroid dienone is 2. The summed E-state index contributed by atoms with van der Waals surface area (Å²) in [6.45, 7) is 0.323. The lowest BCUT2D eigenvalue weighted by molar-refractivity contribution is -0.130. The van der Waals surface area contributed by atoms with E-state index in [2.05, 4.69) is 32.8 Å². The Hall–Kier alpha value is -3.44. The van der Waals surface area contributed by atoms with Crippen molar-refractivity contribution in [3.05, 3.63) is 46.5 Å². The first-order valence-corrected chi connectivity index (χ1v) is 10.4. The molecule has 1 aromatic heterocycles. The van der Waals surface area contributed by atoms with Gasteiger partial charge in [0.15, 0.2) is 0 Å². The van der Waals surface area contributed by atoms with E-state index < -0.39 is 23.2 Å². The van der Waals surface area contributed by atoms with Gasteiger partial charge in [0.2, 0.25) is 5.60 Å². The van der Waals surface area contributed by atoms with Gasteiger partial charge in [0, 0.05) is 24.4 Å². The Balaban J connectivity index is 1.53. The highest BCUT2D eigenvalue weighted by molar-refractivity contribution is 5.95. The molecule has 4 heterocycles. The molecule has 2 aliphatic carbocycles. The van der Waals surface area contributed by atoms with Crippen LogP contribution in [0.1, 0.15) is 65.0 Å². The van der Waals surface area contributed by atoms with Gasteiger partial charge in [-0.25, -0.2) is 9.37 Å². The van der Waals surface area contributed by atoms with Crippen molar-refractivity contribution in [3.8, 4) is 23.2 Å². The predicted molar refractivity (Wildman–Crippen MR) is 109 cm³/mol. The van der Waals surface area contributed by atoms with Crippen LogP contribution in [0.2, 0.25) is 0 Å². The van der Waals surface area contributed by atoms with Crippen molar-refractivity contribution in [2.75, 3.05) is 6.54 Å². The van der Waals surface area contributed by atoms with Crippen molar-refractivity contribution < 1.29 is 19.1 Å². The molecule has 5 aliphatic rings. The van der Waals surface area contributed by atoms with Crippen LogP contribution in [-0.4, -0.2) is 38.6 Å². The smallest absolute Gasteiger partial charge is 0.269 e. The topological polar surface area (TPSA) is 110 Å². The zero-order valence-corrected chi connectivity index (χ0v) is 16.5. The molecule has 156 valence electrons. The first-order valence-electron chi connectivity index (χ1n) is 10.4. The minimum Gasteiger partial charge on any atom is -0.369 e. The number of rotatable bonds is 2. The van der Waals surface area contributed by atoms with E-state index in [1.807, 2.05) is 0 Å². The molecule has 1 saturated carbocycles. The van der Waals surface area contributed by atoms with Gasteiger partial charge in [-0.3, -0.25) is 9.59 Å². The van der Waals surface area contributed by atoms with Crippen molar-refractivity contribution in [1.29, 1.82) is 0 Å². The average Bonchev–Trinajstić information content (AvgIpc) is 3.42. The Morgan fingerprint density at radius 2 is 2.13 bits per heavy atom. The number of aromatic nitrogens is 2. The molecule has 8 heteroatoms. The Labute approximate surface area is 177 Å². The Morgan fingerprint density at radius 1 is 1.35 bits per heavy atom. The first kappa shape index (κ1) is 18.3. The summed E-state index contributed by atoms with van der Waals surface area (Å²) in [5.41, 5.74) is 7.44. The molecule has 2 aromatic rings. The predicted octanol–water partition coefficient (Wildman–Crippen LogP) is 1.61. The second kappa shape index (κ2) is 6.05. The van der Waals surface area contributed by atoms with Crippen molar-refractivity contribution in [2.45, 2.75) is 43.2 Å². The van der Waals surface area contributed by atoms with Crippen LogP contribution in [0.25, 0.3) is 17.0 Å². The minimum atomic E-state index is -1.82. The molecule has 2 fully saturated rings. The summed E-state index contributed by atoms with van der Waals surface area (Å²) in [6.07, 6.45) is 4.94. The van der Waals surface area contributed by atoms with Gasteiger partial charge in [-0.15, -0.1) is 0 Å². The summed E-state index contributed by atoms with van der Waals surface area (Å²) < 4.78 is 17.0. The van der Waals surface area contributed by atoms with E-state index >= 15 is 0 Å². The van der Waals surface area contributed by atoms with Gasteiger partial charge in [-0.2, -0.15) is 0 Å². The lowest BCUT2D eigenvalue weighted by Crippen LogP contribution is -2.36. The number of benzene rings is 1. The van der Waals surface area contributed by atoms with Crippen LogP contribution in [0, 0.1) is 17.7 Å². The third-order valence-corrected chi connectivity index (χ3v) is 6.55. The zero-order chi connectivity index (χ0) is 21.5. The molecule has 3 aliphatic heterocycles. The van der Waals surface area contributed by atoms with Gasteiger partial charge in [-0.05, 0) is 42.5 Å². The number of aliphatic hydroxyl groups is 1. The summed E-state index contributed by atoms with van der Waals surface area (Å²) in [5, 5.41) is 12.9. The van der Waals surface area contributed by atoms with E-state index in [-0.39, 0.29) is 29.6 Å². The van der Waals surface area contributed by atoms with E-state index in [0.717, 1.165) is 36.1 Å². The third-order valence-electron chi connectivity index (χ3n) is 6.55. The van der Waals surface area contributed by atoms with Gasteiger partial charge in [0.05, 0.1) is 17.3 Å². The molecule has 1 saturated heterocycles. The normalized spacial score (nSPS) is 25.3. The van der Waals surface area contributed by atoms with Crippen molar-refractivity contribution in [2.24, 2.45) is 5.73 Å². The summed E-state index contributed by atoms with van der Waals surface area (Å²) >= 11 is 0. The van der Waals surface area contributed by atoms with Gasteiger partial charge in [-0.1, -0.05) is 17.9 Å². The quantitative estimate of drug-likeness (QED) is 0.644. The van der Waals surface area contributed by atoms with Crippen LogP contribution < -0.4 is 11.1 Å². The largest absolute Gasteiger partial charge is 0.369 e. The fourth-order valence-electron chi connectivity index (χ4n) is 4.72. The molecule has 31 heavy (non-hydrogen) atoms. The minimum absolute atomic E-state index is 0.0640. The van der Waals surface area contributed by atoms with Crippen LogP contribution in [0.4, 0.5) is 4.39 Å². The van der Waals surface area contributed by atoms with E-state index in [1.54, 1.807) is 6.07 Å². The highest BCUT2D eigenvalue weighted by Crippen LogP contribution is 2.52. The number of amides is 2. The second-order valence-electron chi connectivity index (χ2n) is 8.63. The van der Waals surface area contributed by atoms with Crippen molar-refractivity contribution >= 4 is 17.4 Å². The number of hydrogen-bond donors (Lipinski definition) is 3. The van der Waals surface area contributed by atoms with E-state index in [4.69, 9.17) is 5.73 Å². The molecular formula is C23H19FN4O3. The summed E-state index contributed by atoms with van der Waals surface area (Å²) in [6, 6.07) is 3.08. The Bertz CT molecular complexity index is 1290. The fraction of sp³-hybridized carbons (Fsp3) is 0.348. The van der Waals surface area contributed by atoms with Crippen molar-refractivity contribution in [3.63, 3.8) is 0 Å². The van der Waals surface area contributed by atoms with E-state index in [1.165, 1.54) is 6.07 Å². The lowest BCUT2D eigenvalue weighted by atomic mass is 9.86. The SMILES string of the molecule is NC(=O)c1nc2n(c1C1CC1)C1C=C(C1)c1cc(F)c(C#CC3(O)CCNC3=O)cc1-2. The maximum Gasteiger partial charge on any atom is 0.269 e. The van der Waals surface area contributed by atoms with Crippen LogP contribution in [-0.2, 0) is 4.79 Å². The second-order valence-corrected chi connectivity index (χ2v) is 8.63. The Kier molecular flexibility index (Phi) is 3.58. The number of halogens is 1. The third kappa shape index (κ3) is 2.60. The highest BCUT2D eigenvalue weighted by atomic mass is 19.1. The van der Waals surface area contributed by atoms with Gasteiger partial charge in [0.25, 0.3) is 11.8 Å². The molecule has 2 amide bonds. The lowest BCUT2D eigenvalue weighted by Gasteiger charge is -2.26. The monoisotopic (exact) mass is 418 g/mol. The maximum atomic E-state index is 14.9. The molecule has 0 spiro atoms. The summed E-state index contributed by atoms with van der Waals surface area (Å²) in [7, 11) is 0. The molecule has 1 aromatic carbocycles. The molecule has 2 bridgehead atoms. The molecule has 2 unspecified atom stereocenters. The molecular weight excluding hydrogens is 399 g/mol. The number of primary amides is 1. The molecule has 7 nitrogen and oxygen atoms in total. The fourth-order valence-corrected chi connectivity index (χ4v) is 4.72. The molecule has 4 N–H and O–H groups in total. The standard InChI is InChI=1S/C23H19FN4O3/c24-17-10-15-13-7-14(8-13)28-19(11-1-2-11)18(20(25)29)27-21(28)16(15)9-12(17)3-4-23(31)5-6-26-22(23)30/h7,9-11,14,31H,1-2,5-6,8H2,(H2,25,29)(H,26,30). The van der Waals surface area contributed by atoms with Gasteiger partial charge >= 0.3 is 0 Å². The zero-order valence-electron chi connectivity index (χ0n) is 16.5. The summed E-state index contributed by atoms with van der Waals surface area (Å²) in [5.74, 6) is 4.36. The summed E-state index contributed by atoms with van der Waals surface area (Å²) in [4.78, 5) is 28.5. The molecule has 2 atom stereocenters. The van der Waals surface area contributed by atoms with Crippen LogP contribution >= 0.6 is 0 Å². The van der Waals surface area contributed by atoms with Crippen LogP contribution in [0.5, 0.6) is 0 Å². The number of nitrogens with one attached hydrogen (secondary N) is 1. The molecule has 0 radical (unpaired) electrons. The number of carbonyl (C=O) groups excluding carboxylic acids is 2. The average molecular weight is 418 g/mol. The molecule has 7 rings (SSSR count). The number of hydrogen-bond acceptors (Lipinski definition) is 4. The first-order chi connectivity index (χ1) is 14.9. The van der Waals surface area contributed by atoms with Gasteiger partial charge < -0.3 is 20.7 Å².